The van der Waals surface area contributed by atoms with Crippen molar-refractivity contribution in [3.63, 3.8) is 0 Å². The second-order valence-electron chi connectivity index (χ2n) is 3.57. The summed E-state index contributed by atoms with van der Waals surface area (Å²) < 4.78 is 0. The fourth-order valence-electron chi connectivity index (χ4n) is 2.20. The number of hydrogen-bond acceptors (Lipinski definition) is 2. The Morgan fingerprint density at radius 3 is 2.45 bits per heavy atom. The van der Waals surface area contributed by atoms with Crippen LogP contribution < -0.4 is 0 Å². The van der Waals surface area contributed by atoms with E-state index in [2.05, 4.69) is 32.2 Å². The molecule has 3 unspecified atom stereocenters. The van der Waals surface area contributed by atoms with Crippen LogP contribution in [0.25, 0.3) is 0 Å². The largest absolute Gasteiger partial charge is 0.179 e. The second-order valence-corrected chi connectivity index (χ2v) is 4.74. The Morgan fingerprint density at radius 2 is 1.91 bits per heavy atom. The quantitative estimate of drug-likeness (QED) is 0.628. The van der Waals surface area contributed by atoms with Gasteiger partial charge in [-0.3, -0.25) is 0 Å². The summed E-state index contributed by atoms with van der Waals surface area (Å²) in [5, 5.41) is 0.671. The zero-order valence-corrected chi connectivity index (χ0v) is 8.95. The minimum Gasteiger partial charge on any atom is -0.179 e. The number of rotatable bonds is 3. The van der Waals surface area contributed by atoms with Gasteiger partial charge in [0.15, 0.2) is 0 Å². The fraction of sp³-hybridized carbons (Fsp3) is 1.00. The molecule has 1 aliphatic rings. The zero-order valence-electron chi connectivity index (χ0n) is 7.16. The maximum Gasteiger partial charge on any atom is 0.00222 e. The van der Waals surface area contributed by atoms with Gasteiger partial charge in [-0.05, 0) is 36.9 Å². The van der Waals surface area contributed by atoms with Crippen LogP contribution in [0, 0.1) is 11.8 Å². The molecule has 1 fully saturated rings. The van der Waals surface area contributed by atoms with Crippen molar-refractivity contribution in [1.29, 1.82) is 0 Å². The van der Waals surface area contributed by atoms with Crippen LogP contribution in [0.4, 0.5) is 0 Å². The van der Waals surface area contributed by atoms with E-state index in [0.717, 1.165) is 17.6 Å². The summed E-state index contributed by atoms with van der Waals surface area (Å²) in [5.41, 5.74) is 0. The highest BCUT2D eigenvalue weighted by Crippen LogP contribution is 2.38. The van der Waals surface area contributed by atoms with Gasteiger partial charge in [0.1, 0.15) is 0 Å². The smallest absolute Gasteiger partial charge is 0.00222 e. The first kappa shape index (κ1) is 9.79. The highest BCUT2D eigenvalue weighted by molar-refractivity contribution is 7.81. The third-order valence-electron chi connectivity index (χ3n) is 2.84. The molecule has 0 heterocycles. The molecule has 1 aliphatic carbocycles. The van der Waals surface area contributed by atoms with E-state index in [1.165, 1.54) is 25.7 Å². The van der Waals surface area contributed by atoms with Gasteiger partial charge in [0.05, 0.1) is 0 Å². The van der Waals surface area contributed by atoms with Gasteiger partial charge in [-0.1, -0.05) is 13.3 Å². The van der Waals surface area contributed by atoms with E-state index in [0.29, 0.717) is 5.25 Å². The van der Waals surface area contributed by atoms with Crippen LogP contribution in [0.1, 0.15) is 32.6 Å². The molecule has 1 saturated carbocycles. The molecule has 66 valence electrons. The van der Waals surface area contributed by atoms with E-state index in [4.69, 9.17) is 0 Å². The molecule has 0 bridgehead atoms. The molecule has 0 N–H and O–H groups in total. The molecule has 0 nitrogen and oxygen atoms in total. The van der Waals surface area contributed by atoms with Crippen molar-refractivity contribution in [2.45, 2.75) is 37.9 Å². The van der Waals surface area contributed by atoms with E-state index in [1.807, 2.05) is 0 Å². The molecule has 0 aromatic heterocycles. The lowest BCUT2D eigenvalue weighted by molar-refractivity contribution is 0.370. The van der Waals surface area contributed by atoms with Crippen LogP contribution in [0.3, 0.4) is 0 Å². The molecule has 1 rings (SSSR count). The Morgan fingerprint density at radius 1 is 1.27 bits per heavy atom. The SMILES string of the molecule is CCC1CC(S)CC1CCS. The van der Waals surface area contributed by atoms with Gasteiger partial charge in [0, 0.05) is 5.25 Å². The van der Waals surface area contributed by atoms with Gasteiger partial charge in [0.2, 0.25) is 0 Å². The Balaban J connectivity index is 2.37. The predicted molar refractivity (Wildman–Crippen MR) is 57.7 cm³/mol. The molecule has 11 heavy (non-hydrogen) atoms. The first-order chi connectivity index (χ1) is 5.27. The van der Waals surface area contributed by atoms with E-state index < -0.39 is 0 Å². The van der Waals surface area contributed by atoms with Gasteiger partial charge < -0.3 is 0 Å². The van der Waals surface area contributed by atoms with E-state index in [-0.39, 0.29) is 0 Å². The van der Waals surface area contributed by atoms with Crippen molar-refractivity contribution in [3.05, 3.63) is 0 Å². The predicted octanol–water partition coefficient (Wildman–Crippen LogP) is 3.04. The van der Waals surface area contributed by atoms with Crippen LogP contribution in [0.5, 0.6) is 0 Å². The van der Waals surface area contributed by atoms with Gasteiger partial charge >= 0.3 is 0 Å². The van der Waals surface area contributed by atoms with Crippen molar-refractivity contribution in [1.82, 2.24) is 0 Å². The van der Waals surface area contributed by atoms with Crippen molar-refractivity contribution in [3.8, 4) is 0 Å². The van der Waals surface area contributed by atoms with Gasteiger partial charge in [-0.2, -0.15) is 25.3 Å². The Labute approximate surface area is 81.0 Å². The lowest BCUT2D eigenvalue weighted by Gasteiger charge is -2.15. The Kier molecular flexibility index (Phi) is 4.14. The van der Waals surface area contributed by atoms with Crippen LogP contribution in [-0.2, 0) is 0 Å². The Bertz CT molecular complexity index is 114. The highest BCUT2D eigenvalue weighted by atomic mass is 32.1. The van der Waals surface area contributed by atoms with E-state index in [1.54, 1.807) is 0 Å². The Hall–Kier alpha value is 0.700. The summed E-state index contributed by atoms with van der Waals surface area (Å²) >= 11 is 8.81. The van der Waals surface area contributed by atoms with E-state index in [9.17, 15) is 0 Å². The summed E-state index contributed by atoms with van der Waals surface area (Å²) in [5.74, 6) is 2.89. The first-order valence-corrected chi connectivity index (χ1v) is 5.71. The van der Waals surface area contributed by atoms with Crippen molar-refractivity contribution in [2.24, 2.45) is 11.8 Å². The molecule has 0 aliphatic heterocycles. The fourth-order valence-corrected chi connectivity index (χ4v) is 3.07. The molecule has 0 aromatic rings. The van der Waals surface area contributed by atoms with Crippen LogP contribution in [0.2, 0.25) is 0 Å². The summed E-state index contributed by atoms with van der Waals surface area (Å²) in [4.78, 5) is 0. The molecule has 3 atom stereocenters. The monoisotopic (exact) mass is 190 g/mol. The topological polar surface area (TPSA) is 0 Å². The standard InChI is InChI=1S/C9H18S2/c1-2-7-5-9(11)6-8(7)3-4-10/h7-11H,2-6H2,1H3. The van der Waals surface area contributed by atoms with Gasteiger partial charge in [0.25, 0.3) is 0 Å². The van der Waals surface area contributed by atoms with Crippen molar-refractivity contribution >= 4 is 25.3 Å². The summed E-state index contributed by atoms with van der Waals surface area (Å²) in [6, 6.07) is 0. The third-order valence-corrected chi connectivity index (χ3v) is 3.52. The summed E-state index contributed by atoms with van der Waals surface area (Å²) in [6.45, 7) is 2.29. The van der Waals surface area contributed by atoms with Crippen molar-refractivity contribution < 1.29 is 0 Å². The normalized spacial score (nSPS) is 37.9. The van der Waals surface area contributed by atoms with Crippen LogP contribution >= 0.6 is 25.3 Å². The average molecular weight is 190 g/mol. The van der Waals surface area contributed by atoms with E-state index >= 15 is 0 Å². The molecule has 0 saturated heterocycles. The van der Waals surface area contributed by atoms with Gasteiger partial charge in [-0.15, -0.1) is 0 Å². The summed E-state index contributed by atoms with van der Waals surface area (Å²) in [7, 11) is 0. The number of hydrogen-bond donors (Lipinski definition) is 2. The molecule has 0 aromatic carbocycles. The number of thiol groups is 2. The molecule has 0 radical (unpaired) electrons. The first-order valence-electron chi connectivity index (χ1n) is 4.56. The molecular weight excluding hydrogens is 172 g/mol. The minimum absolute atomic E-state index is 0.671. The molecule has 2 heteroatoms. The summed E-state index contributed by atoms with van der Waals surface area (Å²) in [6.07, 6.45) is 5.27. The second kappa shape index (κ2) is 4.66. The van der Waals surface area contributed by atoms with Crippen molar-refractivity contribution in [2.75, 3.05) is 5.75 Å². The lowest BCUT2D eigenvalue weighted by atomic mass is 9.92. The third kappa shape index (κ3) is 2.59. The molecule has 0 amide bonds. The molecular formula is C9H18S2. The maximum absolute atomic E-state index is 4.53. The average Bonchev–Trinajstić information content (AvgIpc) is 2.32. The highest BCUT2D eigenvalue weighted by Gasteiger charge is 2.30. The van der Waals surface area contributed by atoms with Crippen LogP contribution in [-0.4, -0.2) is 11.0 Å². The molecule has 0 spiro atoms. The minimum atomic E-state index is 0.671. The lowest BCUT2D eigenvalue weighted by Crippen LogP contribution is -2.06. The van der Waals surface area contributed by atoms with Gasteiger partial charge in [-0.25, -0.2) is 0 Å². The maximum atomic E-state index is 4.53. The zero-order chi connectivity index (χ0) is 8.27. The van der Waals surface area contributed by atoms with Crippen LogP contribution in [0.15, 0.2) is 0 Å².